The zero-order valence-electron chi connectivity index (χ0n) is 21.8. The van der Waals surface area contributed by atoms with E-state index in [0.29, 0.717) is 25.6 Å². The number of fused-ring (bicyclic) bond motifs is 1. The SMILES string of the molecule is CC1Cc2ccc(-c3cnc(C(=O)N4CC(O)C4)nc3)cc2CN1c1cc(N2CCN(C)CC2)nc(N)n1. The Morgan fingerprint density at radius 3 is 2.39 bits per heavy atom. The minimum atomic E-state index is -0.451. The van der Waals surface area contributed by atoms with Crippen LogP contribution in [0.15, 0.2) is 36.7 Å². The van der Waals surface area contributed by atoms with E-state index in [2.05, 4.69) is 72.9 Å². The van der Waals surface area contributed by atoms with Crippen LogP contribution >= 0.6 is 0 Å². The summed E-state index contributed by atoms with van der Waals surface area (Å²) >= 11 is 0. The number of benzene rings is 1. The highest BCUT2D eigenvalue weighted by Crippen LogP contribution is 2.32. The maximum atomic E-state index is 12.4. The van der Waals surface area contributed by atoms with Gasteiger partial charge in [-0.05, 0) is 43.1 Å². The van der Waals surface area contributed by atoms with Crippen molar-refractivity contribution in [2.45, 2.75) is 32.0 Å². The van der Waals surface area contributed by atoms with E-state index in [1.807, 2.05) is 0 Å². The smallest absolute Gasteiger partial charge is 0.291 e. The fourth-order valence-corrected chi connectivity index (χ4v) is 5.36. The molecule has 0 radical (unpaired) electrons. The number of carbonyl (C=O) groups is 1. The molecule has 3 aliphatic rings. The van der Waals surface area contributed by atoms with Gasteiger partial charge in [0, 0.05) is 75.9 Å². The van der Waals surface area contributed by atoms with Crippen LogP contribution in [0.5, 0.6) is 0 Å². The van der Waals surface area contributed by atoms with Crippen LogP contribution in [0.1, 0.15) is 28.7 Å². The summed E-state index contributed by atoms with van der Waals surface area (Å²) < 4.78 is 0. The number of piperazine rings is 1. The van der Waals surface area contributed by atoms with Crippen LogP contribution in [-0.4, -0.2) is 99.2 Å². The molecule has 5 heterocycles. The number of carbonyl (C=O) groups excluding carboxylic acids is 1. The number of β-amino-alcohol motifs (C(OH)–C–C–N with tert-alkyl or cyclic N) is 1. The van der Waals surface area contributed by atoms with Gasteiger partial charge in [-0.25, -0.2) is 9.97 Å². The van der Waals surface area contributed by atoms with E-state index in [4.69, 9.17) is 5.73 Å². The van der Waals surface area contributed by atoms with E-state index in [0.717, 1.165) is 55.4 Å². The van der Waals surface area contributed by atoms with Gasteiger partial charge >= 0.3 is 0 Å². The fourth-order valence-electron chi connectivity index (χ4n) is 5.36. The highest BCUT2D eigenvalue weighted by Gasteiger charge is 2.31. The number of hydrogen-bond acceptors (Lipinski definition) is 10. The molecule has 0 saturated carbocycles. The molecule has 198 valence electrons. The summed E-state index contributed by atoms with van der Waals surface area (Å²) in [4.78, 5) is 38.6. The van der Waals surface area contributed by atoms with Crippen molar-refractivity contribution >= 4 is 23.5 Å². The van der Waals surface area contributed by atoms with Crippen LogP contribution in [0.4, 0.5) is 17.6 Å². The van der Waals surface area contributed by atoms with Gasteiger partial charge in [-0.3, -0.25) is 4.79 Å². The van der Waals surface area contributed by atoms with Crippen molar-refractivity contribution in [3.05, 3.63) is 53.6 Å². The number of anilines is 3. The molecular formula is C27H33N9O2. The summed E-state index contributed by atoms with van der Waals surface area (Å²) in [6, 6.07) is 8.75. The van der Waals surface area contributed by atoms with E-state index in [1.54, 1.807) is 17.3 Å². The number of likely N-dealkylation sites (tertiary alicyclic amines) is 1. The molecule has 1 atom stereocenters. The molecule has 1 aromatic carbocycles. The Morgan fingerprint density at radius 1 is 0.974 bits per heavy atom. The summed E-state index contributed by atoms with van der Waals surface area (Å²) in [5, 5.41) is 9.45. The predicted octanol–water partition coefficient (Wildman–Crippen LogP) is 1.04. The molecule has 2 aromatic heterocycles. The Hall–Kier alpha value is -3.83. The molecule has 0 aliphatic carbocycles. The molecule has 2 fully saturated rings. The average Bonchev–Trinajstić information content (AvgIpc) is 2.90. The minimum Gasteiger partial charge on any atom is -0.389 e. The number of amides is 1. The molecule has 3 aromatic rings. The molecule has 0 bridgehead atoms. The van der Waals surface area contributed by atoms with Gasteiger partial charge in [-0.2, -0.15) is 9.97 Å². The van der Waals surface area contributed by atoms with Crippen LogP contribution in [0.3, 0.4) is 0 Å². The van der Waals surface area contributed by atoms with Crippen LogP contribution < -0.4 is 15.5 Å². The molecule has 1 amide bonds. The van der Waals surface area contributed by atoms with Crippen molar-refractivity contribution in [1.82, 2.24) is 29.7 Å². The second kappa shape index (κ2) is 9.80. The Balaban J connectivity index is 1.22. The quantitative estimate of drug-likeness (QED) is 0.520. The highest BCUT2D eigenvalue weighted by atomic mass is 16.3. The number of nitrogens with zero attached hydrogens (tertiary/aromatic N) is 8. The van der Waals surface area contributed by atoms with Gasteiger partial charge in [0.25, 0.3) is 5.91 Å². The fraction of sp³-hybridized carbons (Fsp3) is 0.444. The van der Waals surface area contributed by atoms with Gasteiger partial charge in [0.05, 0.1) is 6.10 Å². The van der Waals surface area contributed by atoms with Crippen molar-refractivity contribution < 1.29 is 9.90 Å². The lowest BCUT2D eigenvalue weighted by atomic mass is 9.92. The van der Waals surface area contributed by atoms with Crippen molar-refractivity contribution in [2.75, 3.05) is 61.8 Å². The van der Waals surface area contributed by atoms with Crippen LogP contribution in [0, 0.1) is 0 Å². The number of nitrogens with two attached hydrogens (primary N) is 1. The Morgan fingerprint density at radius 2 is 1.68 bits per heavy atom. The Bertz CT molecular complexity index is 1330. The number of nitrogen functional groups attached to an aromatic ring is 1. The van der Waals surface area contributed by atoms with Crippen molar-refractivity contribution in [3.63, 3.8) is 0 Å². The maximum Gasteiger partial charge on any atom is 0.291 e. The third-order valence-corrected chi connectivity index (χ3v) is 7.76. The number of rotatable bonds is 4. The van der Waals surface area contributed by atoms with E-state index < -0.39 is 6.10 Å². The number of aliphatic hydroxyl groups excluding tert-OH is 1. The van der Waals surface area contributed by atoms with Crippen LogP contribution in [-0.2, 0) is 13.0 Å². The lowest BCUT2D eigenvalue weighted by molar-refractivity contribution is 0.00508. The summed E-state index contributed by atoms with van der Waals surface area (Å²) in [5.74, 6) is 1.92. The summed E-state index contributed by atoms with van der Waals surface area (Å²) in [6.45, 7) is 7.41. The van der Waals surface area contributed by atoms with Gasteiger partial charge in [0.15, 0.2) is 0 Å². The number of aliphatic hydroxyl groups is 1. The normalized spacial score (nSPS) is 20.3. The second-order valence-corrected chi connectivity index (χ2v) is 10.6. The molecule has 6 rings (SSSR count). The van der Waals surface area contributed by atoms with Gasteiger partial charge < -0.3 is 30.4 Å². The lowest BCUT2D eigenvalue weighted by Gasteiger charge is -2.37. The Kier molecular flexibility index (Phi) is 6.32. The van der Waals surface area contributed by atoms with Crippen molar-refractivity contribution in [2.24, 2.45) is 0 Å². The third kappa shape index (κ3) is 4.74. The van der Waals surface area contributed by atoms with Gasteiger partial charge in [-0.15, -0.1) is 0 Å². The lowest BCUT2D eigenvalue weighted by Crippen LogP contribution is -2.53. The molecule has 2 saturated heterocycles. The minimum absolute atomic E-state index is 0.149. The number of likely N-dealkylation sites (N-methyl/N-ethyl adjacent to an activating group) is 1. The molecule has 0 spiro atoms. The highest BCUT2D eigenvalue weighted by molar-refractivity contribution is 5.91. The van der Waals surface area contributed by atoms with E-state index in [-0.39, 0.29) is 17.8 Å². The molecule has 11 heteroatoms. The predicted molar refractivity (Wildman–Crippen MR) is 145 cm³/mol. The monoisotopic (exact) mass is 515 g/mol. The standard InChI is InChI=1S/C27H33N9O2/c1-17-9-18-3-4-19(21-12-29-25(30-13-21)26(38)35-15-22(37)16-35)10-20(18)14-36(17)24-11-23(31-27(28)32-24)34-7-5-33(2)6-8-34/h3-4,10-13,17,22,37H,5-9,14-16H2,1-2H3,(H2,28,31,32). The first-order valence-corrected chi connectivity index (χ1v) is 13.1. The van der Waals surface area contributed by atoms with Crippen LogP contribution in [0.25, 0.3) is 11.1 Å². The average molecular weight is 516 g/mol. The molecular weight excluding hydrogens is 482 g/mol. The van der Waals surface area contributed by atoms with Gasteiger partial charge in [0.2, 0.25) is 11.8 Å². The van der Waals surface area contributed by atoms with Crippen molar-refractivity contribution in [3.8, 4) is 11.1 Å². The van der Waals surface area contributed by atoms with Gasteiger partial charge in [0.1, 0.15) is 11.6 Å². The molecule has 38 heavy (non-hydrogen) atoms. The molecule has 1 unspecified atom stereocenters. The Labute approximate surface area is 221 Å². The zero-order valence-corrected chi connectivity index (χ0v) is 21.8. The molecule has 3 N–H and O–H groups in total. The largest absolute Gasteiger partial charge is 0.389 e. The molecule has 3 aliphatic heterocycles. The van der Waals surface area contributed by atoms with Crippen LogP contribution in [0.2, 0.25) is 0 Å². The topological polar surface area (TPSA) is 128 Å². The summed E-state index contributed by atoms with van der Waals surface area (Å²) in [7, 11) is 2.14. The summed E-state index contributed by atoms with van der Waals surface area (Å²) in [6.07, 6.45) is 3.83. The first-order chi connectivity index (χ1) is 18.3. The first-order valence-electron chi connectivity index (χ1n) is 13.1. The van der Waals surface area contributed by atoms with Crippen molar-refractivity contribution in [1.29, 1.82) is 0 Å². The zero-order chi connectivity index (χ0) is 26.4. The van der Waals surface area contributed by atoms with E-state index in [9.17, 15) is 9.90 Å². The molecule has 11 nitrogen and oxygen atoms in total. The maximum absolute atomic E-state index is 12.4. The summed E-state index contributed by atoms with van der Waals surface area (Å²) in [5.41, 5.74) is 10.5. The first kappa shape index (κ1) is 24.5. The third-order valence-electron chi connectivity index (χ3n) is 7.76. The number of aromatic nitrogens is 4. The number of hydrogen-bond donors (Lipinski definition) is 2. The second-order valence-electron chi connectivity index (χ2n) is 10.6. The van der Waals surface area contributed by atoms with E-state index >= 15 is 0 Å². The van der Waals surface area contributed by atoms with E-state index in [1.165, 1.54) is 11.1 Å². The van der Waals surface area contributed by atoms with Gasteiger partial charge in [-0.1, -0.05) is 12.1 Å².